The minimum Gasteiger partial charge on any atom is -0.478 e. The van der Waals surface area contributed by atoms with Crippen molar-refractivity contribution in [2.75, 3.05) is 11.1 Å². The molecule has 11 nitrogen and oxygen atoms in total. The number of nitrogens with zero attached hydrogens (tertiary/aromatic N) is 1. The van der Waals surface area contributed by atoms with E-state index in [1.165, 1.54) is 30.3 Å². The van der Waals surface area contributed by atoms with Crippen molar-refractivity contribution >= 4 is 52.6 Å². The molecule has 278 valence electrons. The molecule has 0 fully saturated rings. The van der Waals surface area contributed by atoms with E-state index in [1.807, 2.05) is 74.5 Å². The van der Waals surface area contributed by atoms with Gasteiger partial charge in [-0.1, -0.05) is 105 Å². The van der Waals surface area contributed by atoms with Crippen LogP contribution in [0.1, 0.15) is 72.0 Å². The van der Waals surface area contributed by atoms with Crippen LogP contribution in [-0.4, -0.2) is 44.8 Å². The summed E-state index contributed by atoms with van der Waals surface area (Å²) in [5.41, 5.74) is 8.85. The number of carboxylic acid groups (broad SMARTS) is 2. The van der Waals surface area contributed by atoms with Gasteiger partial charge < -0.3 is 31.5 Å². The SMILES string of the molecule is C=CC(=O)Nc1ccc(C(=O)NCc2ccc(Cl)cc2)c(C(=O)O)c1.CC.Nc1ccc(C(=O)N(Cc2ccccc2)Cc2ccccc2)c(C(=O)O)c1. The van der Waals surface area contributed by atoms with E-state index in [1.54, 1.807) is 35.2 Å². The number of carbonyl (C=O) groups is 5. The molecule has 0 spiro atoms. The van der Waals surface area contributed by atoms with E-state index in [9.17, 15) is 34.2 Å². The van der Waals surface area contributed by atoms with Gasteiger partial charge in [0.2, 0.25) is 5.91 Å². The highest BCUT2D eigenvalue weighted by atomic mass is 35.5. The van der Waals surface area contributed by atoms with Crippen molar-refractivity contribution in [1.82, 2.24) is 10.2 Å². The summed E-state index contributed by atoms with van der Waals surface area (Å²) < 4.78 is 0. The summed E-state index contributed by atoms with van der Waals surface area (Å²) in [4.78, 5) is 61.5. The maximum Gasteiger partial charge on any atom is 0.336 e. The maximum atomic E-state index is 13.2. The Labute approximate surface area is 318 Å². The first kappa shape index (κ1) is 41.7. The van der Waals surface area contributed by atoms with Crippen molar-refractivity contribution < 1.29 is 34.2 Å². The first-order chi connectivity index (χ1) is 25.9. The number of hydrogen-bond acceptors (Lipinski definition) is 6. The summed E-state index contributed by atoms with van der Waals surface area (Å²) in [5.74, 6) is -3.80. The summed E-state index contributed by atoms with van der Waals surface area (Å²) in [6, 6.07) is 34.5. The second kappa shape index (κ2) is 21.0. The Balaban J connectivity index is 0.000000279. The normalized spacial score (nSPS) is 9.91. The lowest BCUT2D eigenvalue weighted by Gasteiger charge is -2.24. The monoisotopic (exact) mass is 748 g/mol. The van der Waals surface area contributed by atoms with Gasteiger partial charge in [0, 0.05) is 36.0 Å². The van der Waals surface area contributed by atoms with Crippen molar-refractivity contribution in [3.8, 4) is 0 Å². The summed E-state index contributed by atoms with van der Waals surface area (Å²) in [6.45, 7) is 8.29. The summed E-state index contributed by atoms with van der Waals surface area (Å²) >= 11 is 5.80. The van der Waals surface area contributed by atoms with E-state index in [-0.39, 0.29) is 40.4 Å². The van der Waals surface area contributed by atoms with Gasteiger partial charge in [0.1, 0.15) is 0 Å². The molecule has 6 N–H and O–H groups in total. The minimum absolute atomic E-state index is 0.00179. The molecule has 0 radical (unpaired) electrons. The van der Waals surface area contributed by atoms with Gasteiger partial charge in [0.25, 0.3) is 11.8 Å². The lowest BCUT2D eigenvalue weighted by Crippen LogP contribution is -2.31. The fourth-order valence-corrected chi connectivity index (χ4v) is 5.10. The molecule has 0 aliphatic heterocycles. The number of nitrogens with two attached hydrogens (primary N) is 1. The van der Waals surface area contributed by atoms with Crippen LogP contribution in [0.15, 0.2) is 134 Å². The first-order valence-corrected chi connectivity index (χ1v) is 17.2. The minimum atomic E-state index is -1.27. The molecule has 0 aliphatic carbocycles. The second-order valence-corrected chi connectivity index (χ2v) is 11.7. The third-order valence-corrected chi connectivity index (χ3v) is 7.79. The average molecular weight is 749 g/mol. The average Bonchev–Trinajstić information content (AvgIpc) is 3.18. The van der Waals surface area contributed by atoms with Crippen LogP contribution in [-0.2, 0) is 24.4 Å². The van der Waals surface area contributed by atoms with Gasteiger partial charge in [-0.2, -0.15) is 0 Å². The van der Waals surface area contributed by atoms with Crippen molar-refractivity contribution in [2.24, 2.45) is 0 Å². The number of nitrogens with one attached hydrogen (secondary N) is 2. The van der Waals surface area contributed by atoms with Crippen LogP contribution >= 0.6 is 11.6 Å². The maximum absolute atomic E-state index is 13.2. The molecule has 5 rings (SSSR count). The van der Waals surface area contributed by atoms with Crippen molar-refractivity contribution in [3.05, 3.63) is 178 Å². The molecule has 5 aromatic rings. The number of benzene rings is 5. The van der Waals surface area contributed by atoms with E-state index in [0.29, 0.717) is 23.8 Å². The fraction of sp³-hybridized carbons (Fsp3) is 0.119. The van der Waals surface area contributed by atoms with Crippen LogP contribution in [0.5, 0.6) is 0 Å². The molecular weight excluding hydrogens is 708 g/mol. The van der Waals surface area contributed by atoms with Crippen LogP contribution in [0.3, 0.4) is 0 Å². The molecule has 0 saturated heterocycles. The highest BCUT2D eigenvalue weighted by Crippen LogP contribution is 2.20. The van der Waals surface area contributed by atoms with Gasteiger partial charge >= 0.3 is 11.9 Å². The fourth-order valence-electron chi connectivity index (χ4n) is 4.97. The molecule has 0 unspecified atom stereocenters. The number of anilines is 2. The highest BCUT2D eigenvalue weighted by Gasteiger charge is 2.23. The number of carboxylic acids is 2. The van der Waals surface area contributed by atoms with E-state index >= 15 is 0 Å². The lowest BCUT2D eigenvalue weighted by atomic mass is 10.0. The van der Waals surface area contributed by atoms with E-state index < -0.39 is 23.8 Å². The number of rotatable bonds is 12. The van der Waals surface area contributed by atoms with Gasteiger partial charge in [0.05, 0.1) is 22.3 Å². The number of aromatic carboxylic acids is 2. The van der Waals surface area contributed by atoms with Crippen molar-refractivity contribution in [1.29, 1.82) is 0 Å². The van der Waals surface area contributed by atoms with E-state index in [0.717, 1.165) is 22.8 Å². The number of halogens is 1. The molecular formula is C42H41ClN4O7. The molecule has 0 heterocycles. The molecule has 0 saturated carbocycles. The molecule has 0 aromatic heterocycles. The van der Waals surface area contributed by atoms with Gasteiger partial charge in [0.15, 0.2) is 0 Å². The Morgan fingerprint density at radius 1 is 0.685 bits per heavy atom. The van der Waals surface area contributed by atoms with Crippen LogP contribution < -0.4 is 16.4 Å². The van der Waals surface area contributed by atoms with Gasteiger partial charge in [-0.25, -0.2) is 9.59 Å². The zero-order chi connectivity index (χ0) is 39.6. The molecule has 0 atom stereocenters. The smallest absolute Gasteiger partial charge is 0.336 e. The zero-order valence-corrected chi connectivity index (χ0v) is 30.5. The van der Waals surface area contributed by atoms with Crippen LogP contribution in [0.2, 0.25) is 5.02 Å². The predicted octanol–water partition coefficient (Wildman–Crippen LogP) is 7.93. The lowest BCUT2D eigenvalue weighted by molar-refractivity contribution is -0.111. The Kier molecular flexibility index (Phi) is 16.2. The topological polar surface area (TPSA) is 179 Å². The van der Waals surface area contributed by atoms with Crippen molar-refractivity contribution in [2.45, 2.75) is 33.5 Å². The number of carbonyl (C=O) groups excluding carboxylic acids is 3. The zero-order valence-electron chi connectivity index (χ0n) is 29.8. The van der Waals surface area contributed by atoms with Gasteiger partial charge in [-0.3, -0.25) is 14.4 Å². The quantitative estimate of drug-likeness (QED) is 0.0630. The Morgan fingerprint density at radius 3 is 1.72 bits per heavy atom. The Morgan fingerprint density at radius 2 is 1.20 bits per heavy atom. The predicted molar refractivity (Wildman–Crippen MR) is 210 cm³/mol. The number of hydrogen-bond donors (Lipinski definition) is 5. The molecule has 0 bridgehead atoms. The Bertz CT molecular complexity index is 2030. The van der Waals surface area contributed by atoms with E-state index in [2.05, 4.69) is 17.2 Å². The molecule has 0 aliphatic rings. The summed E-state index contributed by atoms with van der Waals surface area (Å²) in [6.07, 6.45) is 1.06. The van der Waals surface area contributed by atoms with Gasteiger partial charge in [-0.15, -0.1) is 0 Å². The van der Waals surface area contributed by atoms with E-state index in [4.69, 9.17) is 17.3 Å². The largest absolute Gasteiger partial charge is 0.478 e. The van der Waals surface area contributed by atoms with Crippen LogP contribution in [0.25, 0.3) is 0 Å². The molecule has 3 amide bonds. The molecule has 12 heteroatoms. The summed E-state index contributed by atoms with van der Waals surface area (Å²) in [5, 5.41) is 24.5. The number of nitrogen functional groups attached to an aromatic ring is 1. The third kappa shape index (κ3) is 12.5. The standard InChI is InChI=1S/C22H20N2O3.C18H15ClN2O4.C2H6/c23-18-11-12-19(20(13-18)22(26)27)21(25)24(14-16-7-3-1-4-8-16)15-17-9-5-2-6-10-17;1-2-16(22)21-13-7-8-14(15(9-13)18(24)25)17(23)20-10-11-3-5-12(19)6-4-11;1-2/h1-13H,14-15,23H2,(H,26,27);2-9H,1,10H2,(H,20,23)(H,21,22)(H,24,25);1-2H3. The molecule has 5 aromatic carbocycles. The van der Waals surface area contributed by atoms with Crippen molar-refractivity contribution in [3.63, 3.8) is 0 Å². The summed E-state index contributed by atoms with van der Waals surface area (Å²) in [7, 11) is 0. The second-order valence-electron chi connectivity index (χ2n) is 11.3. The Hall–Kier alpha value is -6.72. The third-order valence-electron chi connectivity index (χ3n) is 7.54. The van der Waals surface area contributed by atoms with Crippen LogP contribution in [0, 0.1) is 0 Å². The molecule has 54 heavy (non-hydrogen) atoms. The number of amides is 3. The van der Waals surface area contributed by atoms with Crippen LogP contribution in [0.4, 0.5) is 11.4 Å². The highest BCUT2D eigenvalue weighted by molar-refractivity contribution is 6.30. The van der Waals surface area contributed by atoms with Gasteiger partial charge in [-0.05, 0) is 71.3 Å². The first-order valence-electron chi connectivity index (χ1n) is 16.8.